The van der Waals surface area contributed by atoms with Crippen LogP contribution in [0.3, 0.4) is 0 Å². The number of carbonyl (C=O) groups is 1. The second kappa shape index (κ2) is 17.6. The molecule has 6 heteroatoms. The van der Waals surface area contributed by atoms with Crippen LogP contribution < -0.4 is 0 Å². The Morgan fingerprint density at radius 2 is 2.12 bits per heavy atom. The molecule has 0 unspecified atom stereocenters. The number of ether oxygens (including phenoxy) is 1. The molecule has 0 atom stereocenters. The summed E-state index contributed by atoms with van der Waals surface area (Å²) in [6.45, 7) is 7.74. The van der Waals surface area contributed by atoms with E-state index in [1.807, 2.05) is 0 Å². The molecule has 0 amide bonds. The van der Waals surface area contributed by atoms with E-state index in [1.54, 1.807) is 6.61 Å². The van der Waals surface area contributed by atoms with E-state index in [4.69, 9.17) is 16.6 Å². The normalized spacial score (nSPS) is 12.2. The number of rotatable bonds is 2. The SMILES string of the molecule is CC(=O)O[CH-]C1=CCCCC1.[C-]#N.[Cu+].[Zn+][Br]. The number of hydrogen-bond acceptors (Lipinski definition) is 3. The molecule has 0 spiro atoms. The molecule has 0 aromatic rings. The first-order valence-electron chi connectivity index (χ1n) is 4.47. The molecule has 3 nitrogen and oxygen atoms in total. The third-order valence-electron chi connectivity index (χ3n) is 1.70. The second-order valence-corrected chi connectivity index (χ2v) is 2.75. The fourth-order valence-corrected chi connectivity index (χ4v) is 1.13. The molecule has 0 radical (unpaired) electrons. The van der Waals surface area contributed by atoms with Crippen molar-refractivity contribution in [3.63, 3.8) is 0 Å². The van der Waals surface area contributed by atoms with E-state index in [0.29, 0.717) is 0 Å². The molecular weight excluding hydrogens is 375 g/mol. The Balaban J connectivity index is -0.000000305. The number of carbonyl (C=O) groups excluding carboxylic acids is 1. The summed E-state index contributed by atoms with van der Waals surface area (Å²) in [5.74, 6) is -0.239. The predicted octanol–water partition coefficient (Wildman–Crippen LogP) is 3.15. The van der Waals surface area contributed by atoms with Crippen LogP contribution in [0.15, 0.2) is 11.6 Å². The van der Waals surface area contributed by atoms with Crippen LogP contribution >= 0.6 is 13.6 Å². The fraction of sp³-hybridized carbons (Fsp3) is 0.500. The summed E-state index contributed by atoms with van der Waals surface area (Å²) in [5, 5.41) is 6.25. The molecule has 1 aliphatic carbocycles. The minimum absolute atomic E-state index is 0. The van der Waals surface area contributed by atoms with E-state index in [2.05, 4.69) is 19.7 Å². The molecule has 1 aliphatic rings. The Morgan fingerprint density at radius 3 is 2.50 bits per heavy atom. The Labute approximate surface area is 124 Å². The summed E-state index contributed by atoms with van der Waals surface area (Å²) < 4.78 is 4.75. The molecule has 0 saturated carbocycles. The third-order valence-corrected chi connectivity index (χ3v) is 1.70. The van der Waals surface area contributed by atoms with Gasteiger partial charge < -0.3 is 16.6 Å². The van der Waals surface area contributed by atoms with Crippen LogP contribution in [-0.2, 0) is 42.9 Å². The van der Waals surface area contributed by atoms with Crippen molar-refractivity contribution in [3.8, 4) is 0 Å². The molecule has 0 N–H and O–H groups in total. The number of esters is 1. The Hall–Kier alpha value is 0.193. The first-order chi connectivity index (χ1) is 7.29. The van der Waals surface area contributed by atoms with Crippen LogP contribution in [0.5, 0.6) is 0 Å². The van der Waals surface area contributed by atoms with E-state index in [1.165, 1.54) is 36.1 Å². The monoisotopic (exact) mass is 385 g/mol. The molecular formula is C10H13BrCuNO2Zn. The average molecular weight is 388 g/mol. The van der Waals surface area contributed by atoms with Gasteiger partial charge >= 0.3 is 47.0 Å². The fourth-order valence-electron chi connectivity index (χ4n) is 1.13. The van der Waals surface area contributed by atoms with Crippen molar-refractivity contribution in [1.29, 1.82) is 5.26 Å². The van der Waals surface area contributed by atoms with Crippen LogP contribution in [-0.4, -0.2) is 5.97 Å². The van der Waals surface area contributed by atoms with Gasteiger partial charge in [0.05, 0.1) is 0 Å². The van der Waals surface area contributed by atoms with Crippen LogP contribution in [0, 0.1) is 18.4 Å². The maximum absolute atomic E-state index is 10.4. The van der Waals surface area contributed by atoms with Crippen molar-refractivity contribution < 1.29 is 42.9 Å². The molecule has 1 rings (SSSR count). The van der Waals surface area contributed by atoms with Gasteiger partial charge in [0, 0.05) is 6.92 Å². The van der Waals surface area contributed by atoms with Gasteiger partial charge in [0.2, 0.25) is 0 Å². The predicted molar refractivity (Wildman–Crippen MR) is 56.5 cm³/mol. The van der Waals surface area contributed by atoms with Gasteiger partial charge in [0.1, 0.15) is 0 Å². The van der Waals surface area contributed by atoms with Crippen molar-refractivity contribution >= 4 is 19.6 Å². The summed E-state index contributed by atoms with van der Waals surface area (Å²) in [6, 6.07) is 0. The molecule has 0 aromatic carbocycles. The van der Waals surface area contributed by atoms with Crippen molar-refractivity contribution in [3.05, 3.63) is 24.8 Å². The molecule has 0 aliphatic heterocycles. The number of hydrogen-bond donors (Lipinski definition) is 0. The summed E-state index contributed by atoms with van der Waals surface area (Å²) in [4.78, 5) is 10.4. The summed E-state index contributed by atoms with van der Waals surface area (Å²) in [5.41, 5.74) is 1.16. The van der Waals surface area contributed by atoms with Crippen molar-refractivity contribution in [2.24, 2.45) is 0 Å². The van der Waals surface area contributed by atoms with Crippen molar-refractivity contribution in [2.45, 2.75) is 32.6 Å². The molecule has 16 heavy (non-hydrogen) atoms. The van der Waals surface area contributed by atoms with Gasteiger partial charge in [-0.2, -0.15) is 5.57 Å². The molecule has 0 bridgehead atoms. The quantitative estimate of drug-likeness (QED) is 0.415. The Morgan fingerprint density at radius 1 is 1.56 bits per heavy atom. The molecule has 0 fully saturated rings. The summed E-state index contributed by atoms with van der Waals surface area (Å²) in [6.07, 6.45) is 6.77. The van der Waals surface area contributed by atoms with Gasteiger partial charge in [-0.05, 0) is 0 Å². The third kappa shape index (κ3) is 14.2. The average Bonchev–Trinajstić information content (AvgIpc) is 2.33. The molecule has 0 aromatic heterocycles. The first-order valence-corrected chi connectivity index (χ1v) is 11.4. The maximum atomic E-state index is 10.4. The minimum atomic E-state index is -0.239. The number of halogens is 1. The first kappa shape index (κ1) is 21.5. The van der Waals surface area contributed by atoms with Crippen molar-refractivity contribution in [2.75, 3.05) is 0 Å². The van der Waals surface area contributed by atoms with Gasteiger partial charge in [0.25, 0.3) is 5.97 Å². The zero-order chi connectivity index (χ0) is 12.1. The van der Waals surface area contributed by atoms with Gasteiger partial charge in [0.15, 0.2) is 0 Å². The number of nitrogens with zero attached hydrogens (tertiary/aromatic N) is 1. The van der Waals surface area contributed by atoms with E-state index >= 15 is 0 Å². The number of allylic oxidation sites excluding steroid dienone is 1. The van der Waals surface area contributed by atoms with E-state index in [-0.39, 0.29) is 23.0 Å². The van der Waals surface area contributed by atoms with Gasteiger partial charge in [-0.25, -0.2) is 6.08 Å². The van der Waals surface area contributed by atoms with Crippen LogP contribution in [0.4, 0.5) is 0 Å². The van der Waals surface area contributed by atoms with Gasteiger partial charge in [-0.3, -0.25) is 4.79 Å². The molecule has 0 saturated heterocycles. The summed E-state index contributed by atoms with van der Waals surface area (Å²) in [7, 11) is 0. The van der Waals surface area contributed by atoms with Gasteiger partial charge in [-0.1, -0.05) is 25.9 Å². The van der Waals surface area contributed by atoms with Crippen LogP contribution in [0.1, 0.15) is 32.6 Å². The second-order valence-electron chi connectivity index (χ2n) is 2.75. The van der Waals surface area contributed by atoms with Crippen LogP contribution in [0.2, 0.25) is 0 Å². The standard InChI is InChI=1S/C9H13O2.CN.BrH.Cu.Zn/c1-8(10)11-7-9-5-3-2-4-6-9;1-2;;;/h5,7H,2-4,6H2,1H3;;1H;;/q2*-1;;+1;+2/p-1. The zero-order valence-corrected chi connectivity index (χ0v) is 14.6. The van der Waals surface area contributed by atoms with Crippen molar-refractivity contribution in [1.82, 2.24) is 0 Å². The Bertz CT molecular complexity index is 222. The molecule has 90 valence electrons. The van der Waals surface area contributed by atoms with E-state index < -0.39 is 0 Å². The van der Waals surface area contributed by atoms with E-state index in [9.17, 15) is 4.79 Å². The molecule has 0 heterocycles. The topological polar surface area (TPSA) is 50.1 Å². The summed E-state index contributed by atoms with van der Waals surface area (Å²) >= 11 is 4.25. The zero-order valence-electron chi connectivity index (χ0n) is 9.13. The van der Waals surface area contributed by atoms with Gasteiger partial charge in [-0.15, -0.1) is 6.42 Å². The Kier molecular flexibility index (Phi) is 23.6. The van der Waals surface area contributed by atoms with Crippen LogP contribution in [0.25, 0.3) is 0 Å². The van der Waals surface area contributed by atoms with E-state index in [0.717, 1.165) is 18.4 Å².